The van der Waals surface area contributed by atoms with Gasteiger partial charge < -0.3 is 5.32 Å². The summed E-state index contributed by atoms with van der Waals surface area (Å²) in [5.74, 6) is 0. The molecule has 2 aromatic rings. The molecule has 0 amide bonds. The zero-order valence-corrected chi connectivity index (χ0v) is 12.5. The van der Waals surface area contributed by atoms with Crippen molar-refractivity contribution in [2.24, 2.45) is 0 Å². The summed E-state index contributed by atoms with van der Waals surface area (Å²) < 4.78 is 0. The highest BCUT2D eigenvalue weighted by Gasteiger charge is 2.11. The van der Waals surface area contributed by atoms with Gasteiger partial charge in [0, 0.05) is 30.3 Å². The van der Waals surface area contributed by atoms with Crippen LogP contribution in [0.3, 0.4) is 0 Å². The molecule has 1 N–H and O–H groups in total. The predicted molar refractivity (Wildman–Crippen MR) is 85.3 cm³/mol. The monoisotopic (exact) mass is 286 g/mol. The topological polar surface area (TPSA) is 15.3 Å². The van der Waals surface area contributed by atoms with E-state index in [2.05, 4.69) is 41.5 Å². The number of nitrogens with one attached hydrogen (secondary N) is 1. The molecule has 2 aromatic carbocycles. The average Bonchev–Trinajstić information content (AvgIpc) is 2.89. The molecule has 0 aliphatic carbocycles. The van der Waals surface area contributed by atoms with Crippen LogP contribution >= 0.6 is 11.6 Å². The lowest BCUT2D eigenvalue weighted by molar-refractivity contribution is 0.319. The Morgan fingerprint density at radius 3 is 2.85 bits per heavy atom. The molecule has 104 valence electrons. The summed E-state index contributed by atoms with van der Waals surface area (Å²) in [4.78, 5) is 2.30. The van der Waals surface area contributed by atoms with E-state index < -0.39 is 0 Å². The van der Waals surface area contributed by atoms with Gasteiger partial charge in [-0.05, 0) is 42.3 Å². The van der Waals surface area contributed by atoms with E-state index in [0.717, 1.165) is 31.1 Å². The summed E-state index contributed by atoms with van der Waals surface area (Å²) >= 11 is 6.21. The maximum Gasteiger partial charge on any atom is 0.0451 e. The van der Waals surface area contributed by atoms with Crippen molar-refractivity contribution in [2.75, 3.05) is 18.9 Å². The molecule has 1 aliphatic rings. The van der Waals surface area contributed by atoms with Gasteiger partial charge in [-0.1, -0.05) is 41.9 Å². The standard InChI is InChI=1S/C17H19ClN2/c1-20(12-15-4-2-3-5-16(15)18)11-13-6-7-17-14(10-13)8-9-19-17/h2-7,10,19H,8-9,11-12H2,1H3. The molecule has 0 spiro atoms. The Kier molecular flexibility index (Phi) is 3.95. The number of rotatable bonds is 4. The van der Waals surface area contributed by atoms with E-state index >= 15 is 0 Å². The minimum atomic E-state index is 0.845. The van der Waals surface area contributed by atoms with E-state index in [1.807, 2.05) is 18.2 Å². The first-order valence-electron chi connectivity index (χ1n) is 7.00. The lowest BCUT2D eigenvalue weighted by Crippen LogP contribution is -2.17. The summed E-state index contributed by atoms with van der Waals surface area (Å²) in [6, 6.07) is 14.8. The Labute approximate surface area is 125 Å². The predicted octanol–water partition coefficient (Wildman–Crippen LogP) is 3.94. The Morgan fingerprint density at radius 1 is 1.15 bits per heavy atom. The van der Waals surface area contributed by atoms with Crippen LogP contribution in [-0.4, -0.2) is 18.5 Å². The van der Waals surface area contributed by atoms with Crippen molar-refractivity contribution < 1.29 is 0 Å². The molecular formula is C17H19ClN2. The highest BCUT2D eigenvalue weighted by molar-refractivity contribution is 6.31. The van der Waals surface area contributed by atoms with Gasteiger partial charge in [0.15, 0.2) is 0 Å². The van der Waals surface area contributed by atoms with Gasteiger partial charge in [0.25, 0.3) is 0 Å². The van der Waals surface area contributed by atoms with Gasteiger partial charge in [0.2, 0.25) is 0 Å². The molecule has 3 rings (SSSR count). The highest BCUT2D eigenvalue weighted by Crippen LogP contribution is 2.24. The number of benzene rings is 2. The highest BCUT2D eigenvalue weighted by atomic mass is 35.5. The van der Waals surface area contributed by atoms with Crippen molar-refractivity contribution in [1.82, 2.24) is 4.90 Å². The Bertz CT molecular complexity index is 610. The number of hydrogen-bond acceptors (Lipinski definition) is 2. The lowest BCUT2D eigenvalue weighted by Gasteiger charge is -2.18. The molecule has 0 saturated carbocycles. The quantitative estimate of drug-likeness (QED) is 0.916. The van der Waals surface area contributed by atoms with E-state index in [9.17, 15) is 0 Å². The molecule has 2 nitrogen and oxygen atoms in total. The van der Waals surface area contributed by atoms with Crippen LogP contribution in [0.2, 0.25) is 5.02 Å². The van der Waals surface area contributed by atoms with Gasteiger partial charge in [-0.15, -0.1) is 0 Å². The summed E-state index contributed by atoms with van der Waals surface area (Å²) in [7, 11) is 2.13. The van der Waals surface area contributed by atoms with Gasteiger partial charge in [0.05, 0.1) is 0 Å². The van der Waals surface area contributed by atoms with Gasteiger partial charge in [-0.3, -0.25) is 4.90 Å². The lowest BCUT2D eigenvalue weighted by atomic mass is 10.1. The summed E-state index contributed by atoms with van der Waals surface area (Å²) in [6.07, 6.45) is 1.14. The van der Waals surface area contributed by atoms with Crippen LogP contribution in [0.5, 0.6) is 0 Å². The Balaban J connectivity index is 1.67. The first-order chi connectivity index (χ1) is 9.72. The normalized spacial score (nSPS) is 13.3. The van der Waals surface area contributed by atoms with E-state index in [4.69, 9.17) is 11.6 Å². The minimum Gasteiger partial charge on any atom is -0.384 e. The van der Waals surface area contributed by atoms with Gasteiger partial charge in [-0.2, -0.15) is 0 Å². The fraction of sp³-hybridized carbons (Fsp3) is 0.294. The molecule has 0 unspecified atom stereocenters. The number of hydrogen-bond donors (Lipinski definition) is 1. The molecule has 0 radical (unpaired) electrons. The first-order valence-corrected chi connectivity index (χ1v) is 7.38. The van der Waals surface area contributed by atoms with Crippen molar-refractivity contribution in [3.8, 4) is 0 Å². The average molecular weight is 287 g/mol. The number of halogens is 1. The fourth-order valence-corrected chi connectivity index (χ4v) is 2.94. The van der Waals surface area contributed by atoms with Crippen molar-refractivity contribution in [2.45, 2.75) is 19.5 Å². The van der Waals surface area contributed by atoms with Crippen molar-refractivity contribution >= 4 is 17.3 Å². The molecule has 3 heteroatoms. The SMILES string of the molecule is CN(Cc1ccc2c(c1)CCN2)Cc1ccccc1Cl. The Hall–Kier alpha value is -1.51. The van der Waals surface area contributed by atoms with Crippen LogP contribution in [0, 0.1) is 0 Å². The molecule has 0 fully saturated rings. The zero-order valence-electron chi connectivity index (χ0n) is 11.7. The second kappa shape index (κ2) is 5.86. The van der Waals surface area contributed by atoms with Crippen LogP contribution < -0.4 is 5.32 Å². The molecule has 1 heterocycles. The van der Waals surface area contributed by atoms with E-state index in [0.29, 0.717) is 0 Å². The maximum atomic E-state index is 6.21. The minimum absolute atomic E-state index is 0.845. The Morgan fingerprint density at radius 2 is 2.00 bits per heavy atom. The van der Waals surface area contributed by atoms with Gasteiger partial charge in [0.1, 0.15) is 0 Å². The van der Waals surface area contributed by atoms with Crippen LogP contribution in [-0.2, 0) is 19.5 Å². The third-order valence-corrected chi connectivity index (χ3v) is 4.10. The molecule has 1 aliphatic heterocycles. The molecule has 20 heavy (non-hydrogen) atoms. The third-order valence-electron chi connectivity index (χ3n) is 3.73. The second-order valence-corrected chi connectivity index (χ2v) is 5.84. The van der Waals surface area contributed by atoms with Gasteiger partial charge in [-0.25, -0.2) is 0 Å². The number of anilines is 1. The largest absolute Gasteiger partial charge is 0.384 e. The van der Waals surface area contributed by atoms with Crippen molar-refractivity contribution in [3.05, 3.63) is 64.2 Å². The molecular weight excluding hydrogens is 268 g/mol. The van der Waals surface area contributed by atoms with E-state index in [1.165, 1.54) is 22.4 Å². The molecule has 0 saturated heterocycles. The molecule has 0 atom stereocenters. The van der Waals surface area contributed by atoms with Gasteiger partial charge >= 0.3 is 0 Å². The van der Waals surface area contributed by atoms with Crippen LogP contribution in [0.4, 0.5) is 5.69 Å². The van der Waals surface area contributed by atoms with E-state index in [-0.39, 0.29) is 0 Å². The number of nitrogens with zero attached hydrogens (tertiary/aromatic N) is 1. The summed E-state index contributed by atoms with van der Waals surface area (Å²) in [5.41, 5.74) is 5.28. The zero-order chi connectivity index (χ0) is 13.9. The molecule has 0 bridgehead atoms. The molecule has 0 aromatic heterocycles. The second-order valence-electron chi connectivity index (χ2n) is 5.43. The number of fused-ring (bicyclic) bond motifs is 1. The van der Waals surface area contributed by atoms with Crippen LogP contribution in [0.25, 0.3) is 0 Å². The van der Waals surface area contributed by atoms with E-state index in [1.54, 1.807) is 0 Å². The third kappa shape index (κ3) is 2.97. The smallest absolute Gasteiger partial charge is 0.0451 e. The van der Waals surface area contributed by atoms with Crippen molar-refractivity contribution in [1.29, 1.82) is 0 Å². The summed E-state index contributed by atoms with van der Waals surface area (Å²) in [5, 5.41) is 4.24. The fourth-order valence-electron chi connectivity index (χ4n) is 2.74. The maximum absolute atomic E-state index is 6.21. The van der Waals surface area contributed by atoms with Crippen molar-refractivity contribution in [3.63, 3.8) is 0 Å². The van der Waals surface area contributed by atoms with Crippen LogP contribution in [0.15, 0.2) is 42.5 Å². The van der Waals surface area contributed by atoms with Crippen LogP contribution in [0.1, 0.15) is 16.7 Å². The first kappa shape index (κ1) is 13.5. The summed E-state index contributed by atoms with van der Waals surface area (Å²) in [6.45, 7) is 2.88.